The zero-order valence-corrected chi connectivity index (χ0v) is 6.78. The number of phosphoric acid groups is 1. The molecule has 1 saturated carbocycles. The first-order chi connectivity index (χ1) is 4.99. The van der Waals surface area contributed by atoms with Crippen LogP contribution in [0.3, 0.4) is 0 Å². The molecule has 0 aliphatic heterocycles. The van der Waals surface area contributed by atoms with Crippen LogP contribution in [0.15, 0.2) is 0 Å². The van der Waals surface area contributed by atoms with Gasteiger partial charge in [0.25, 0.3) is 0 Å². The number of aliphatic hydroxyl groups excluding tert-OH is 1. The minimum atomic E-state index is -4.41. The molecule has 0 amide bonds. The molecule has 66 valence electrons. The van der Waals surface area contributed by atoms with Crippen molar-refractivity contribution in [2.45, 2.75) is 31.5 Å². The molecule has 0 spiro atoms. The average Bonchev–Trinajstić information content (AvgIpc) is 2.12. The Kier molecular flexibility index (Phi) is 2.67. The molecule has 1 fully saturated rings. The highest BCUT2D eigenvalue weighted by Crippen LogP contribution is 2.41. The van der Waals surface area contributed by atoms with Crippen LogP contribution >= 0.6 is 7.82 Å². The van der Waals surface area contributed by atoms with Crippen molar-refractivity contribution in [2.75, 3.05) is 0 Å². The second kappa shape index (κ2) is 3.21. The molecule has 1 rings (SSSR count). The number of hydrogen-bond donors (Lipinski definition) is 3. The van der Waals surface area contributed by atoms with Crippen molar-refractivity contribution in [2.24, 2.45) is 0 Å². The Bertz CT molecular complexity index is 176. The van der Waals surface area contributed by atoms with Gasteiger partial charge in [0.1, 0.15) is 0 Å². The SMILES string of the molecule is O=P(O)(O)O[C@H]1CCC[C@H]1O. The largest absolute Gasteiger partial charge is 0.469 e. The van der Waals surface area contributed by atoms with E-state index in [1.54, 1.807) is 0 Å². The Morgan fingerprint density at radius 3 is 2.36 bits per heavy atom. The van der Waals surface area contributed by atoms with Gasteiger partial charge in [-0.3, -0.25) is 4.52 Å². The molecule has 0 aromatic carbocycles. The van der Waals surface area contributed by atoms with E-state index in [0.29, 0.717) is 12.8 Å². The summed E-state index contributed by atoms with van der Waals surface area (Å²) < 4.78 is 14.6. The average molecular weight is 182 g/mol. The minimum Gasteiger partial charge on any atom is -0.390 e. The zero-order valence-electron chi connectivity index (χ0n) is 5.88. The fraction of sp³-hybridized carbons (Fsp3) is 1.00. The Hall–Kier alpha value is 0.0700. The van der Waals surface area contributed by atoms with Gasteiger partial charge in [-0.1, -0.05) is 0 Å². The first kappa shape index (κ1) is 9.16. The van der Waals surface area contributed by atoms with Crippen LogP contribution in [-0.2, 0) is 9.09 Å². The second-order valence-corrected chi connectivity index (χ2v) is 3.82. The molecule has 2 atom stereocenters. The molecule has 0 aromatic heterocycles. The van der Waals surface area contributed by atoms with Crippen molar-refractivity contribution in [3.63, 3.8) is 0 Å². The van der Waals surface area contributed by atoms with Gasteiger partial charge in [-0.2, -0.15) is 0 Å². The predicted molar refractivity (Wildman–Crippen MR) is 36.8 cm³/mol. The first-order valence-electron chi connectivity index (χ1n) is 3.41. The third-order valence-electron chi connectivity index (χ3n) is 1.69. The maximum atomic E-state index is 10.3. The topological polar surface area (TPSA) is 87.0 Å². The predicted octanol–water partition coefficient (Wildman–Crippen LogP) is 0.00910. The number of rotatable bonds is 2. The summed E-state index contributed by atoms with van der Waals surface area (Å²) >= 11 is 0. The summed E-state index contributed by atoms with van der Waals surface area (Å²) in [6.45, 7) is 0. The third-order valence-corrected chi connectivity index (χ3v) is 2.24. The molecule has 1 aliphatic rings. The second-order valence-electron chi connectivity index (χ2n) is 2.63. The highest BCUT2D eigenvalue weighted by atomic mass is 31.2. The molecule has 5 nitrogen and oxygen atoms in total. The van der Waals surface area contributed by atoms with Crippen molar-refractivity contribution in [3.8, 4) is 0 Å². The molecular formula is C5H11O5P. The summed E-state index contributed by atoms with van der Waals surface area (Å²) in [5.41, 5.74) is 0. The highest BCUT2D eigenvalue weighted by molar-refractivity contribution is 7.46. The Balaban J connectivity index is 2.43. The molecule has 1 aliphatic carbocycles. The standard InChI is InChI=1S/C5H11O5P/c6-4-2-1-3-5(4)10-11(7,8)9/h4-6H,1-3H2,(H2,7,8,9)/t4-,5+/m1/s1. The van der Waals surface area contributed by atoms with E-state index in [9.17, 15) is 4.57 Å². The summed E-state index contributed by atoms with van der Waals surface area (Å²) in [6.07, 6.45) is 0.432. The van der Waals surface area contributed by atoms with E-state index < -0.39 is 20.0 Å². The summed E-state index contributed by atoms with van der Waals surface area (Å²) in [5.74, 6) is 0. The van der Waals surface area contributed by atoms with Crippen LogP contribution in [0.4, 0.5) is 0 Å². The maximum absolute atomic E-state index is 10.3. The lowest BCUT2D eigenvalue weighted by Gasteiger charge is -2.15. The molecule has 0 saturated heterocycles. The van der Waals surface area contributed by atoms with Gasteiger partial charge in [-0.05, 0) is 19.3 Å². The Morgan fingerprint density at radius 1 is 1.36 bits per heavy atom. The fourth-order valence-electron chi connectivity index (χ4n) is 1.21. The van der Waals surface area contributed by atoms with Crippen LogP contribution in [0.5, 0.6) is 0 Å². The van der Waals surface area contributed by atoms with Gasteiger partial charge in [0, 0.05) is 0 Å². The molecule has 6 heteroatoms. The van der Waals surface area contributed by atoms with Crippen molar-refractivity contribution < 1.29 is 24.0 Å². The lowest BCUT2D eigenvalue weighted by molar-refractivity contribution is 0.0384. The van der Waals surface area contributed by atoms with Gasteiger partial charge in [-0.15, -0.1) is 0 Å². The summed E-state index contributed by atoms with van der Waals surface area (Å²) in [4.78, 5) is 16.7. The first-order valence-corrected chi connectivity index (χ1v) is 4.94. The van der Waals surface area contributed by atoms with E-state index in [1.807, 2.05) is 0 Å². The number of aliphatic hydroxyl groups is 1. The molecule has 3 N–H and O–H groups in total. The molecule has 0 aromatic rings. The molecule has 0 radical (unpaired) electrons. The molecular weight excluding hydrogens is 171 g/mol. The molecule has 11 heavy (non-hydrogen) atoms. The van der Waals surface area contributed by atoms with Gasteiger partial charge in [-0.25, -0.2) is 4.57 Å². The molecule has 0 bridgehead atoms. The minimum absolute atomic E-state index is 0.520. The summed E-state index contributed by atoms with van der Waals surface area (Å²) in [6, 6.07) is 0. The summed E-state index contributed by atoms with van der Waals surface area (Å²) in [7, 11) is -4.41. The van der Waals surface area contributed by atoms with Crippen LogP contribution in [0, 0.1) is 0 Å². The molecule has 0 heterocycles. The van der Waals surface area contributed by atoms with Crippen LogP contribution in [0.25, 0.3) is 0 Å². The van der Waals surface area contributed by atoms with Crippen LogP contribution in [0.1, 0.15) is 19.3 Å². The monoisotopic (exact) mass is 182 g/mol. The van der Waals surface area contributed by atoms with E-state index >= 15 is 0 Å². The third kappa shape index (κ3) is 2.89. The van der Waals surface area contributed by atoms with Gasteiger partial charge in [0.15, 0.2) is 0 Å². The number of hydrogen-bond acceptors (Lipinski definition) is 3. The van der Waals surface area contributed by atoms with Gasteiger partial charge in [0.05, 0.1) is 12.2 Å². The smallest absolute Gasteiger partial charge is 0.390 e. The van der Waals surface area contributed by atoms with E-state index in [2.05, 4.69) is 4.52 Å². The lowest BCUT2D eigenvalue weighted by Crippen LogP contribution is -2.21. The van der Waals surface area contributed by atoms with Crippen LogP contribution in [0.2, 0.25) is 0 Å². The lowest BCUT2D eigenvalue weighted by atomic mass is 10.3. The Labute approximate surface area is 64.2 Å². The van der Waals surface area contributed by atoms with E-state index in [1.165, 1.54) is 0 Å². The highest BCUT2D eigenvalue weighted by Gasteiger charge is 2.31. The number of phosphoric ester groups is 1. The van der Waals surface area contributed by atoms with Crippen molar-refractivity contribution in [1.82, 2.24) is 0 Å². The Morgan fingerprint density at radius 2 is 2.00 bits per heavy atom. The van der Waals surface area contributed by atoms with E-state index in [4.69, 9.17) is 14.9 Å². The van der Waals surface area contributed by atoms with Gasteiger partial charge >= 0.3 is 7.82 Å². The normalized spacial score (nSPS) is 32.6. The van der Waals surface area contributed by atoms with Crippen LogP contribution in [-0.4, -0.2) is 27.1 Å². The van der Waals surface area contributed by atoms with Crippen LogP contribution < -0.4 is 0 Å². The zero-order chi connectivity index (χ0) is 8.48. The van der Waals surface area contributed by atoms with Gasteiger partial charge in [0.2, 0.25) is 0 Å². The van der Waals surface area contributed by atoms with E-state index in [0.717, 1.165) is 6.42 Å². The van der Waals surface area contributed by atoms with Gasteiger partial charge < -0.3 is 14.9 Å². The van der Waals surface area contributed by atoms with Crippen molar-refractivity contribution >= 4 is 7.82 Å². The maximum Gasteiger partial charge on any atom is 0.469 e. The van der Waals surface area contributed by atoms with Crippen molar-refractivity contribution in [3.05, 3.63) is 0 Å². The van der Waals surface area contributed by atoms with E-state index in [-0.39, 0.29) is 0 Å². The fourth-order valence-corrected chi connectivity index (χ4v) is 1.80. The molecule has 0 unspecified atom stereocenters. The summed E-state index contributed by atoms with van der Waals surface area (Å²) in [5, 5.41) is 9.08. The van der Waals surface area contributed by atoms with Crippen molar-refractivity contribution in [1.29, 1.82) is 0 Å². The quantitative estimate of drug-likeness (QED) is 0.523.